The Hall–Kier alpha value is -1.66. The minimum atomic E-state index is -0.255. The van der Waals surface area contributed by atoms with Gasteiger partial charge in [0.15, 0.2) is 0 Å². The van der Waals surface area contributed by atoms with Crippen LogP contribution >= 0.6 is 27.7 Å². The summed E-state index contributed by atoms with van der Waals surface area (Å²) in [6.07, 6.45) is 0.766. The number of carbonyl (C=O) groups excluding carboxylic acids is 1. The number of nitrogens with zero attached hydrogens (tertiary/aromatic N) is 2. The lowest BCUT2D eigenvalue weighted by Crippen LogP contribution is -2.25. The number of benzene rings is 2. The molecule has 3 rings (SSSR count). The smallest absolute Gasteiger partial charge is 0.252 e. The molecule has 0 bridgehead atoms. The molecule has 0 N–H and O–H groups in total. The highest BCUT2D eigenvalue weighted by molar-refractivity contribution is 9.10. The zero-order valence-electron chi connectivity index (χ0n) is 12.9. The van der Waals surface area contributed by atoms with Gasteiger partial charge in [-0.2, -0.15) is 5.10 Å². The predicted molar refractivity (Wildman–Crippen MR) is 99.6 cm³/mol. The van der Waals surface area contributed by atoms with Gasteiger partial charge < -0.3 is 0 Å². The van der Waals surface area contributed by atoms with Gasteiger partial charge in [0.05, 0.1) is 18.0 Å². The molecule has 0 aromatic heterocycles. The number of hydrogen-bond acceptors (Lipinski definition) is 3. The third-order valence-electron chi connectivity index (χ3n) is 3.69. The Labute approximate surface area is 153 Å². The fourth-order valence-corrected chi connectivity index (χ4v) is 3.65. The first-order valence-electron chi connectivity index (χ1n) is 7.58. The van der Waals surface area contributed by atoms with Gasteiger partial charge in [-0.1, -0.05) is 52.3 Å². The topological polar surface area (TPSA) is 32.7 Å². The third-order valence-corrected chi connectivity index (χ3v) is 5.15. The van der Waals surface area contributed by atoms with E-state index in [2.05, 4.69) is 21.0 Å². The Morgan fingerprint density at radius 3 is 2.79 bits per heavy atom. The average molecular weight is 407 g/mol. The standard InChI is InChI=1S/C18H16BrFN2OS/c19-15-7-6-14(16(20)10-15)11-24-12-18(23)22-9-8-17(21-22)13-4-2-1-3-5-13/h1-7,10H,8-9,11-12H2. The molecular formula is C18H16BrFN2OS. The Morgan fingerprint density at radius 1 is 1.25 bits per heavy atom. The van der Waals surface area contributed by atoms with Crippen molar-refractivity contribution in [3.8, 4) is 0 Å². The number of carbonyl (C=O) groups is 1. The van der Waals surface area contributed by atoms with Crippen LogP contribution in [0, 0.1) is 5.82 Å². The molecule has 2 aromatic carbocycles. The molecule has 0 saturated carbocycles. The maximum atomic E-state index is 13.8. The molecule has 0 atom stereocenters. The summed E-state index contributed by atoms with van der Waals surface area (Å²) in [5, 5.41) is 5.94. The average Bonchev–Trinajstić information content (AvgIpc) is 3.08. The summed E-state index contributed by atoms with van der Waals surface area (Å²) in [6, 6.07) is 14.9. The quantitative estimate of drug-likeness (QED) is 0.733. The zero-order chi connectivity index (χ0) is 16.9. The summed E-state index contributed by atoms with van der Waals surface area (Å²) < 4.78 is 14.5. The summed E-state index contributed by atoms with van der Waals surface area (Å²) in [7, 11) is 0. The summed E-state index contributed by atoms with van der Waals surface area (Å²) in [5.41, 5.74) is 2.59. The molecule has 0 radical (unpaired) electrons. The van der Waals surface area contributed by atoms with Crippen LogP contribution in [0.4, 0.5) is 4.39 Å². The maximum absolute atomic E-state index is 13.8. The normalized spacial score (nSPS) is 13.9. The van der Waals surface area contributed by atoms with E-state index in [1.807, 2.05) is 30.3 Å². The summed E-state index contributed by atoms with van der Waals surface area (Å²) in [4.78, 5) is 12.2. The van der Waals surface area contributed by atoms with Crippen molar-refractivity contribution in [1.29, 1.82) is 0 Å². The van der Waals surface area contributed by atoms with E-state index in [1.165, 1.54) is 22.8 Å². The summed E-state index contributed by atoms with van der Waals surface area (Å²) in [6.45, 7) is 0.607. The van der Waals surface area contributed by atoms with E-state index >= 15 is 0 Å². The van der Waals surface area contributed by atoms with Gasteiger partial charge in [0.1, 0.15) is 5.82 Å². The van der Waals surface area contributed by atoms with Crippen LogP contribution in [0.5, 0.6) is 0 Å². The molecule has 3 nitrogen and oxygen atoms in total. The molecule has 0 unspecified atom stereocenters. The van der Waals surface area contributed by atoms with E-state index in [1.54, 1.807) is 12.1 Å². The van der Waals surface area contributed by atoms with Gasteiger partial charge in [0.25, 0.3) is 5.91 Å². The molecule has 1 heterocycles. The number of hydrazone groups is 1. The fraction of sp³-hybridized carbons (Fsp3) is 0.222. The molecule has 1 aliphatic rings. The molecule has 1 amide bonds. The molecule has 6 heteroatoms. The van der Waals surface area contributed by atoms with Crippen molar-refractivity contribution in [3.05, 3.63) is 69.9 Å². The number of halogens is 2. The van der Waals surface area contributed by atoms with Gasteiger partial charge in [0, 0.05) is 16.6 Å². The molecular weight excluding hydrogens is 391 g/mol. The lowest BCUT2D eigenvalue weighted by molar-refractivity contribution is -0.127. The van der Waals surface area contributed by atoms with Crippen molar-refractivity contribution in [1.82, 2.24) is 5.01 Å². The van der Waals surface area contributed by atoms with Gasteiger partial charge in [-0.05, 0) is 23.3 Å². The molecule has 2 aromatic rings. The number of hydrogen-bond donors (Lipinski definition) is 0. The maximum Gasteiger partial charge on any atom is 0.252 e. The minimum absolute atomic E-state index is 0.0385. The molecule has 0 fully saturated rings. The van der Waals surface area contributed by atoms with Gasteiger partial charge >= 0.3 is 0 Å². The van der Waals surface area contributed by atoms with E-state index < -0.39 is 0 Å². The molecule has 0 saturated heterocycles. The van der Waals surface area contributed by atoms with Crippen LogP contribution in [0.25, 0.3) is 0 Å². The number of rotatable bonds is 5. The van der Waals surface area contributed by atoms with Crippen LogP contribution in [-0.2, 0) is 10.5 Å². The largest absolute Gasteiger partial charge is 0.272 e. The summed E-state index contributed by atoms with van der Waals surface area (Å²) in [5.74, 6) is 0.466. The highest BCUT2D eigenvalue weighted by Crippen LogP contribution is 2.21. The first kappa shape index (κ1) is 17.2. The van der Waals surface area contributed by atoms with Crippen molar-refractivity contribution in [3.63, 3.8) is 0 Å². The van der Waals surface area contributed by atoms with Crippen LogP contribution in [0.2, 0.25) is 0 Å². The van der Waals surface area contributed by atoms with Crippen molar-refractivity contribution in [2.45, 2.75) is 12.2 Å². The van der Waals surface area contributed by atoms with E-state index in [9.17, 15) is 9.18 Å². The van der Waals surface area contributed by atoms with Crippen LogP contribution in [0.15, 0.2) is 58.1 Å². The molecule has 24 heavy (non-hydrogen) atoms. The van der Waals surface area contributed by atoms with Gasteiger partial charge in [-0.15, -0.1) is 11.8 Å². The fourth-order valence-electron chi connectivity index (χ4n) is 2.43. The Balaban J connectivity index is 1.53. The minimum Gasteiger partial charge on any atom is -0.272 e. The van der Waals surface area contributed by atoms with Gasteiger partial charge in [0.2, 0.25) is 0 Å². The SMILES string of the molecule is O=C(CSCc1ccc(Br)cc1F)N1CCC(c2ccccc2)=N1. The highest BCUT2D eigenvalue weighted by Gasteiger charge is 2.21. The number of amides is 1. The Bertz CT molecular complexity index is 767. The lowest BCUT2D eigenvalue weighted by Gasteiger charge is -2.11. The second-order valence-corrected chi connectivity index (χ2v) is 7.31. The van der Waals surface area contributed by atoms with Crippen molar-refractivity contribution in [2.75, 3.05) is 12.3 Å². The van der Waals surface area contributed by atoms with E-state index in [0.29, 0.717) is 28.1 Å². The molecule has 0 aliphatic carbocycles. The van der Waals surface area contributed by atoms with E-state index in [0.717, 1.165) is 17.7 Å². The number of thioether (sulfide) groups is 1. The van der Waals surface area contributed by atoms with Crippen LogP contribution < -0.4 is 0 Å². The van der Waals surface area contributed by atoms with Gasteiger partial charge in [-0.3, -0.25) is 4.79 Å². The lowest BCUT2D eigenvalue weighted by atomic mass is 10.1. The highest BCUT2D eigenvalue weighted by atomic mass is 79.9. The zero-order valence-corrected chi connectivity index (χ0v) is 15.3. The van der Waals surface area contributed by atoms with Crippen molar-refractivity contribution >= 4 is 39.3 Å². The summed E-state index contributed by atoms with van der Waals surface area (Å²) >= 11 is 4.64. The first-order chi connectivity index (χ1) is 11.6. The van der Waals surface area contributed by atoms with Crippen molar-refractivity contribution < 1.29 is 9.18 Å². The van der Waals surface area contributed by atoms with Crippen molar-refractivity contribution in [2.24, 2.45) is 5.10 Å². The van der Waals surface area contributed by atoms with Crippen LogP contribution in [0.3, 0.4) is 0 Å². The predicted octanol–water partition coefficient (Wildman–Crippen LogP) is 4.46. The van der Waals surface area contributed by atoms with E-state index in [4.69, 9.17) is 0 Å². The Kier molecular flexibility index (Phi) is 5.68. The molecule has 0 spiro atoms. The molecule has 1 aliphatic heterocycles. The molecule has 124 valence electrons. The third kappa shape index (κ3) is 4.24. The second-order valence-electron chi connectivity index (χ2n) is 5.41. The van der Waals surface area contributed by atoms with Crippen LogP contribution in [0.1, 0.15) is 17.5 Å². The van der Waals surface area contributed by atoms with Gasteiger partial charge in [-0.25, -0.2) is 9.40 Å². The van der Waals surface area contributed by atoms with Crippen LogP contribution in [-0.4, -0.2) is 28.9 Å². The van der Waals surface area contributed by atoms with E-state index in [-0.39, 0.29) is 11.7 Å². The Morgan fingerprint density at radius 2 is 2.04 bits per heavy atom. The monoisotopic (exact) mass is 406 g/mol. The first-order valence-corrected chi connectivity index (χ1v) is 9.53. The second kappa shape index (κ2) is 7.94.